The van der Waals surface area contributed by atoms with Crippen LogP contribution in [0.15, 0.2) is 21.5 Å². The predicted molar refractivity (Wildman–Crippen MR) is 64.1 cm³/mol. The molecule has 3 aliphatic rings. The van der Waals surface area contributed by atoms with Crippen molar-refractivity contribution >= 4 is 24.1 Å². The number of Topliss-reactive ketones (excluding diaryl/α,β-unsaturated/α-hetero) is 1. The van der Waals surface area contributed by atoms with Gasteiger partial charge >= 0.3 is 0 Å². The molecule has 0 spiro atoms. The zero-order valence-electron chi connectivity index (χ0n) is 8.89. The van der Waals surface area contributed by atoms with Crippen molar-refractivity contribution in [2.75, 3.05) is 0 Å². The molecule has 0 N–H and O–H groups in total. The largest absolute Gasteiger partial charge is 0.290 e. The molecule has 1 fully saturated rings. The standard InChI is InChI=1S/C11H16OSi2/c1-13-10-6-4-3-5-7-8(6)11(9(10)12)14(7)2/h7,14H,3-5,13H2,1-2H3. The lowest BCUT2D eigenvalue weighted by molar-refractivity contribution is -0.111. The molecule has 3 rings (SSSR count). The minimum absolute atomic E-state index is 0.240. The highest BCUT2D eigenvalue weighted by atomic mass is 28.3. The van der Waals surface area contributed by atoms with Crippen molar-refractivity contribution in [3.8, 4) is 0 Å². The van der Waals surface area contributed by atoms with Gasteiger partial charge in [0.05, 0.1) is 18.3 Å². The van der Waals surface area contributed by atoms with E-state index in [0.29, 0.717) is 5.78 Å². The van der Waals surface area contributed by atoms with Crippen molar-refractivity contribution in [1.82, 2.24) is 0 Å². The fourth-order valence-electron chi connectivity index (χ4n) is 3.53. The number of hydrogen-bond acceptors (Lipinski definition) is 1. The first kappa shape index (κ1) is 8.86. The van der Waals surface area contributed by atoms with Gasteiger partial charge in [0.15, 0.2) is 5.78 Å². The molecule has 74 valence electrons. The van der Waals surface area contributed by atoms with Crippen LogP contribution >= 0.6 is 0 Å². The number of rotatable bonds is 1. The molecule has 1 aliphatic heterocycles. The summed E-state index contributed by atoms with van der Waals surface area (Å²) in [4.78, 5) is 12.1. The molecule has 0 saturated heterocycles. The highest BCUT2D eigenvalue weighted by Crippen LogP contribution is 2.55. The molecular weight excluding hydrogens is 204 g/mol. The van der Waals surface area contributed by atoms with E-state index >= 15 is 0 Å². The summed E-state index contributed by atoms with van der Waals surface area (Å²) in [5, 5.41) is 2.67. The van der Waals surface area contributed by atoms with Gasteiger partial charge in [0.1, 0.15) is 0 Å². The van der Waals surface area contributed by atoms with E-state index in [0.717, 1.165) is 5.54 Å². The molecule has 2 atom stereocenters. The minimum atomic E-state index is -0.781. The lowest BCUT2D eigenvalue weighted by Gasteiger charge is -2.39. The number of hydrogen-bond donors (Lipinski definition) is 0. The van der Waals surface area contributed by atoms with Crippen molar-refractivity contribution in [2.45, 2.75) is 37.9 Å². The summed E-state index contributed by atoms with van der Waals surface area (Å²) in [6, 6.07) is 0. The van der Waals surface area contributed by atoms with Gasteiger partial charge in [-0.15, -0.1) is 0 Å². The van der Waals surface area contributed by atoms with E-state index in [1.165, 1.54) is 29.7 Å². The van der Waals surface area contributed by atoms with Crippen LogP contribution in [0, 0.1) is 0 Å². The summed E-state index contributed by atoms with van der Waals surface area (Å²) < 4.78 is 0. The molecule has 0 bridgehead atoms. The SMILES string of the molecule is C[SiH2]C1=C2CCCC3C2=C(C1=O)[SiH]3C. The average molecular weight is 220 g/mol. The smallest absolute Gasteiger partial charge is 0.176 e. The lowest BCUT2D eigenvalue weighted by atomic mass is 9.90. The average Bonchev–Trinajstić information content (AvgIpc) is 2.47. The number of carbonyl (C=O) groups is 1. The van der Waals surface area contributed by atoms with Gasteiger partial charge in [-0.2, -0.15) is 0 Å². The van der Waals surface area contributed by atoms with E-state index in [9.17, 15) is 4.79 Å². The summed E-state index contributed by atoms with van der Waals surface area (Å²) in [5.74, 6) is 0.515. The van der Waals surface area contributed by atoms with Gasteiger partial charge in [0.25, 0.3) is 0 Å². The molecule has 1 saturated carbocycles. The molecule has 0 aromatic rings. The van der Waals surface area contributed by atoms with Crippen LogP contribution in [0.1, 0.15) is 19.3 Å². The topological polar surface area (TPSA) is 17.1 Å². The van der Waals surface area contributed by atoms with Crippen molar-refractivity contribution in [3.05, 3.63) is 21.5 Å². The molecule has 0 amide bonds. The quantitative estimate of drug-likeness (QED) is 0.609. The van der Waals surface area contributed by atoms with Crippen LogP contribution in [-0.4, -0.2) is 24.1 Å². The second-order valence-electron chi connectivity index (χ2n) is 4.75. The zero-order chi connectivity index (χ0) is 9.87. The number of allylic oxidation sites excluding steroid dienone is 4. The summed E-state index contributed by atoms with van der Waals surface area (Å²) in [5.41, 5.74) is 4.02. The first-order valence-electron chi connectivity index (χ1n) is 5.76. The second-order valence-corrected chi connectivity index (χ2v) is 9.13. The van der Waals surface area contributed by atoms with Crippen LogP contribution < -0.4 is 0 Å². The molecule has 1 heterocycles. The van der Waals surface area contributed by atoms with Crippen molar-refractivity contribution in [3.63, 3.8) is 0 Å². The number of carbonyl (C=O) groups excluding carboxylic acids is 1. The minimum Gasteiger partial charge on any atom is -0.290 e. The highest BCUT2D eigenvalue weighted by molar-refractivity contribution is 6.81. The molecule has 14 heavy (non-hydrogen) atoms. The molecule has 0 radical (unpaired) electrons. The van der Waals surface area contributed by atoms with E-state index in [2.05, 4.69) is 13.1 Å². The van der Waals surface area contributed by atoms with E-state index in [1.807, 2.05) is 0 Å². The Morgan fingerprint density at radius 2 is 2.29 bits per heavy atom. The van der Waals surface area contributed by atoms with Crippen LogP contribution in [-0.2, 0) is 4.79 Å². The van der Waals surface area contributed by atoms with Gasteiger partial charge in [-0.3, -0.25) is 4.79 Å². The maximum atomic E-state index is 12.1. The Morgan fingerprint density at radius 3 is 3.00 bits per heavy atom. The summed E-state index contributed by atoms with van der Waals surface area (Å²) in [6.45, 7) is 4.65. The molecule has 2 aliphatic carbocycles. The number of ketones is 1. The maximum Gasteiger partial charge on any atom is 0.176 e. The second kappa shape index (κ2) is 2.79. The lowest BCUT2D eigenvalue weighted by Crippen LogP contribution is -2.36. The monoisotopic (exact) mass is 220 g/mol. The Kier molecular flexibility index (Phi) is 1.77. The van der Waals surface area contributed by atoms with Crippen LogP contribution in [0.4, 0.5) is 0 Å². The van der Waals surface area contributed by atoms with E-state index in [1.54, 1.807) is 11.1 Å². The van der Waals surface area contributed by atoms with E-state index in [4.69, 9.17) is 0 Å². The first-order chi connectivity index (χ1) is 6.75. The highest BCUT2D eigenvalue weighted by Gasteiger charge is 2.49. The van der Waals surface area contributed by atoms with Crippen molar-refractivity contribution < 1.29 is 4.79 Å². The summed E-state index contributed by atoms with van der Waals surface area (Å²) in [6.07, 6.45) is 3.96. The normalized spacial score (nSPS) is 35.7. The van der Waals surface area contributed by atoms with Gasteiger partial charge in [-0.25, -0.2) is 0 Å². The molecule has 1 nitrogen and oxygen atoms in total. The summed E-state index contributed by atoms with van der Waals surface area (Å²) in [7, 11) is -1.02. The molecule has 2 unspecified atom stereocenters. The van der Waals surface area contributed by atoms with Crippen LogP contribution in [0.2, 0.25) is 18.6 Å². The van der Waals surface area contributed by atoms with Crippen LogP contribution in [0.3, 0.4) is 0 Å². The molecule has 0 aromatic carbocycles. The van der Waals surface area contributed by atoms with Gasteiger partial charge < -0.3 is 0 Å². The first-order valence-corrected chi connectivity index (χ1v) is 10.3. The van der Waals surface area contributed by atoms with E-state index < -0.39 is 8.80 Å². The molecular formula is C11H16OSi2. The summed E-state index contributed by atoms with van der Waals surface area (Å²) >= 11 is 0. The maximum absolute atomic E-state index is 12.1. The third-order valence-corrected chi connectivity index (χ3v) is 9.04. The third kappa shape index (κ3) is 0.828. The van der Waals surface area contributed by atoms with Crippen LogP contribution in [0.5, 0.6) is 0 Å². The molecule has 0 aromatic heterocycles. The van der Waals surface area contributed by atoms with E-state index in [-0.39, 0.29) is 9.52 Å². The van der Waals surface area contributed by atoms with Gasteiger partial charge in [0.2, 0.25) is 0 Å². The van der Waals surface area contributed by atoms with Crippen molar-refractivity contribution in [1.29, 1.82) is 0 Å². The Morgan fingerprint density at radius 1 is 1.50 bits per heavy atom. The third-order valence-electron chi connectivity index (χ3n) is 4.22. The fourth-order valence-corrected chi connectivity index (χ4v) is 8.24. The molecule has 3 heteroatoms. The van der Waals surface area contributed by atoms with Gasteiger partial charge in [0, 0.05) is 0 Å². The fraction of sp³-hybridized carbons (Fsp3) is 0.545. The van der Waals surface area contributed by atoms with Gasteiger partial charge in [-0.1, -0.05) is 13.1 Å². The Labute approximate surface area is 88.7 Å². The Bertz CT molecular complexity index is 378. The zero-order valence-corrected chi connectivity index (χ0v) is 11.5. The Balaban J connectivity index is 2.14. The predicted octanol–water partition coefficient (Wildman–Crippen LogP) is 1.30. The van der Waals surface area contributed by atoms with Crippen LogP contribution in [0.25, 0.3) is 0 Å². The van der Waals surface area contributed by atoms with Crippen molar-refractivity contribution in [2.24, 2.45) is 0 Å². The Hall–Kier alpha value is -0.416. The van der Waals surface area contributed by atoms with Gasteiger partial charge in [-0.05, 0) is 46.3 Å².